The number of fused-ring (bicyclic) bond motifs is 1. The number of hydrogen-bond acceptors (Lipinski definition) is 7. The number of ether oxygens (including phenoxy) is 2. The molecule has 0 aliphatic rings. The largest absolute Gasteiger partial charge is 0.495 e. The van der Waals surface area contributed by atoms with Crippen LogP contribution in [-0.4, -0.2) is 34.0 Å². The van der Waals surface area contributed by atoms with Crippen molar-refractivity contribution >= 4 is 57.3 Å². The molecule has 0 atom stereocenters. The van der Waals surface area contributed by atoms with Gasteiger partial charge in [0.1, 0.15) is 16.2 Å². The molecule has 2 aromatic carbocycles. The summed E-state index contributed by atoms with van der Waals surface area (Å²) in [5.74, 6) is 2.01. The third kappa shape index (κ3) is 4.39. The molecule has 0 aliphatic heterocycles. The number of methoxy groups -OCH3 is 1. The Morgan fingerprint density at radius 3 is 2.83 bits per heavy atom. The number of nitrogens with zero attached hydrogens (tertiary/aromatic N) is 2. The minimum absolute atomic E-state index is 0.234. The van der Waals surface area contributed by atoms with Gasteiger partial charge >= 0.3 is 0 Å². The Bertz CT molecular complexity index is 1300. The summed E-state index contributed by atoms with van der Waals surface area (Å²) < 4.78 is 13.8. The van der Waals surface area contributed by atoms with Crippen LogP contribution in [0.1, 0.15) is 0 Å². The molecule has 0 amide bonds. The van der Waals surface area contributed by atoms with E-state index in [1.165, 1.54) is 23.1 Å². The molecule has 0 radical (unpaired) electrons. The first-order valence-corrected chi connectivity index (χ1v) is 11.5. The molecule has 0 saturated carbocycles. The molecule has 2 heterocycles. The van der Waals surface area contributed by atoms with Crippen molar-refractivity contribution < 1.29 is 9.47 Å². The molecule has 0 unspecified atom stereocenters. The highest BCUT2D eigenvalue weighted by atomic mass is 35.5. The van der Waals surface area contributed by atoms with Crippen LogP contribution < -0.4 is 15.0 Å². The van der Waals surface area contributed by atoms with Gasteiger partial charge in [0.25, 0.3) is 5.56 Å². The molecule has 4 aromatic rings. The van der Waals surface area contributed by atoms with E-state index in [1.807, 2.05) is 30.3 Å². The van der Waals surface area contributed by atoms with Crippen molar-refractivity contribution in [2.24, 2.45) is 0 Å². The van der Waals surface area contributed by atoms with E-state index in [2.05, 4.69) is 9.97 Å². The molecule has 30 heavy (non-hydrogen) atoms. The van der Waals surface area contributed by atoms with Gasteiger partial charge in [-0.1, -0.05) is 52.9 Å². The SMILES string of the molecule is COc1ccc(Cl)cc1-n1c(=S)sc2c(=O)[nH]c(SCCOc3ccccc3)nc21. The maximum absolute atomic E-state index is 12.6. The summed E-state index contributed by atoms with van der Waals surface area (Å²) in [5.41, 5.74) is 0.880. The van der Waals surface area contributed by atoms with Crippen molar-refractivity contribution in [3.05, 3.63) is 67.9 Å². The lowest BCUT2D eigenvalue weighted by atomic mass is 10.3. The molecule has 1 N–H and O–H groups in total. The third-order valence-electron chi connectivity index (χ3n) is 4.14. The lowest BCUT2D eigenvalue weighted by Gasteiger charge is -2.11. The molecular weight excluding hydrogens is 462 g/mol. The van der Waals surface area contributed by atoms with Gasteiger partial charge < -0.3 is 14.5 Å². The van der Waals surface area contributed by atoms with Gasteiger partial charge in [0.2, 0.25) is 0 Å². The van der Waals surface area contributed by atoms with Crippen LogP contribution >= 0.6 is 46.9 Å². The van der Waals surface area contributed by atoms with Crippen molar-refractivity contribution in [1.29, 1.82) is 0 Å². The van der Waals surface area contributed by atoms with E-state index < -0.39 is 0 Å². The van der Waals surface area contributed by atoms with Crippen molar-refractivity contribution in [3.8, 4) is 17.2 Å². The second-order valence-electron chi connectivity index (χ2n) is 6.05. The second-order valence-corrected chi connectivity index (χ2v) is 9.22. The first-order valence-electron chi connectivity index (χ1n) is 8.87. The Balaban J connectivity index is 1.64. The first-order chi connectivity index (χ1) is 14.6. The second kappa shape index (κ2) is 9.22. The zero-order valence-corrected chi connectivity index (χ0v) is 19.0. The van der Waals surface area contributed by atoms with E-state index in [9.17, 15) is 4.79 Å². The highest BCUT2D eigenvalue weighted by molar-refractivity contribution is 7.99. The van der Waals surface area contributed by atoms with Gasteiger partial charge in [-0.2, -0.15) is 0 Å². The minimum atomic E-state index is -0.234. The zero-order valence-electron chi connectivity index (χ0n) is 15.8. The molecule has 6 nitrogen and oxygen atoms in total. The normalized spacial score (nSPS) is 11.0. The number of thiazole rings is 1. The van der Waals surface area contributed by atoms with Crippen molar-refractivity contribution in [1.82, 2.24) is 14.5 Å². The van der Waals surface area contributed by atoms with E-state index in [0.717, 1.165) is 5.75 Å². The average Bonchev–Trinajstić information content (AvgIpc) is 3.08. The number of aromatic amines is 1. The number of halogens is 1. The van der Waals surface area contributed by atoms with Crippen molar-refractivity contribution in [2.75, 3.05) is 19.5 Å². The fourth-order valence-corrected chi connectivity index (χ4v) is 4.93. The maximum atomic E-state index is 12.6. The summed E-state index contributed by atoms with van der Waals surface area (Å²) in [6.45, 7) is 0.481. The standard InChI is InChI=1S/C20H16ClN3O3S3/c1-26-15-8-7-12(21)11-14(15)24-17-16(30-20(24)28)18(25)23-19(22-17)29-10-9-27-13-5-3-2-4-6-13/h2-8,11H,9-10H2,1H3,(H,22,23,25). The number of benzene rings is 2. The lowest BCUT2D eigenvalue weighted by Crippen LogP contribution is -2.10. The van der Waals surface area contributed by atoms with E-state index >= 15 is 0 Å². The van der Waals surface area contributed by atoms with E-state index in [4.69, 9.17) is 33.3 Å². The Labute approximate surface area is 190 Å². The van der Waals surface area contributed by atoms with Crippen LogP contribution in [0.3, 0.4) is 0 Å². The van der Waals surface area contributed by atoms with Gasteiger partial charge in [-0.3, -0.25) is 9.36 Å². The number of aromatic nitrogens is 3. The van der Waals surface area contributed by atoms with Crippen molar-refractivity contribution in [3.63, 3.8) is 0 Å². The molecule has 0 saturated heterocycles. The van der Waals surface area contributed by atoms with E-state index in [1.54, 1.807) is 29.9 Å². The van der Waals surface area contributed by atoms with Crippen LogP contribution in [0.4, 0.5) is 0 Å². The molecule has 0 fully saturated rings. The Morgan fingerprint density at radius 2 is 2.07 bits per heavy atom. The minimum Gasteiger partial charge on any atom is -0.495 e. The highest BCUT2D eigenvalue weighted by Gasteiger charge is 2.17. The van der Waals surface area contributed by atoms with E-state index in [-0.39, 0.29) is 5.56 Å². The summed E-state index contributed by atoms with van der Waals surface area (Å²) in [5, 5.41) is 1.02. The van der Waals surface area contributed by atoms with Gasteiger partial charge in [0.15, 0.2) is 14.8 Å². The smallest absolute Gasteiger partial charge is 0.271 e. The monoisotopic (exact) mass is 477 g/mol. The molecular formula is C20H16ClN3O3S3. The van der Waals surface area contributed by atoms with Gasteiger partial charge in [0, 0.05) is 10.8 Å². The Kier molecular flexibility index (Phi) is 6.43. The predicted octanol–water partition coefficient (Wildman–Crippen LogP) is 5.34. The molecule has 0 bridgehead atoms. The fourth-order valence-electron chi connectivity index (χ4n) is 2.83. The molecule has 10 heteroatoms. The summed E-state index contributed by atoms with van der Waals surface area (Å²) in [7, 11) is 1.57. The molecule has 2 aromatic heterocycles. The summed E-state index contributed by atoms with van der Waals surface area (Å²) in [4.78, 5) is 20.1. The number of hydrogen-bond donors (Lipinski definition) is 1. The van der Waals surface area contributed by atoms with Gasteiger partial charge in [-0.15, -0.1) is 0 Å². The van der Waals surface area contributed by atoms with Crippen LogP contribution in [0.2, 0.25) is 5.02 Å². The number of thioether (sulfide) groups is 1. The van der Waals surface area contributed by atoms with Gasteiger partial charge in [-0.05, 0) is 42.5 Å². The van der Waals surface area contributed by atoms with Gasteiger partial charge in [0.05, 0.1) is 19.4 Å². The summed E-state index contributed by atoms with van der Waals surface area (Å²) in [6, 6.07) is 14.8. The first kappa shape index (κ1) is 20.9. The lowest BCUT2D eigenvalue weighted by molar-refractivity contribution is 0.344. The van der Waals surface area contributed by atoms with Crippen molar-refractivity contribution in [2.45, 2.75) is 5.16 Å². The highest BCUT2D eigenvalue weighted by Crippen LogP contribution is 2.31. The summed E-state index contributed by atoms with van der Waals surface area (Å²) in [6.07, 6.45) is 0. The van der Waals surface area contributed by atoms with Crippen LogP contribution in [-0.2, 0) is 0 Å². The zero-order chi connectivity index (χ0) is 21.1. The number of para-hydroxylation sites is 1. The quantitative estimate of drug-likeness (QED) is 0.168. The number of H-pyrrole nitrogens is 1. The Hall–Kier alpha value is -2.33. The number of rotatable bonds is 7. The van der Waals surface area contributed by atoms with Crippen LogP contribution in [0.5, 0.6) is 11.5 Å². The fraction of sp³-hybridized carbons (Fsp3) is 0.150. The van der Waals surface area contributed by atoms with Crippen LogP contribution in [0.15, 0.2) is 58.5 Å². The van der Waals surface area contributed by atoms with Crippen LogP contribution in [0.25, 0.3) is 16.0 Å². The molecule has 0 spiro atoms. The summed E-state index contributed by atoms with van der Waals surface area (Å²) >= 11 is 14.3. The topological polar surface area (TPSA) is 69.1 Å². The Morgan fingerprint density at radius 1 is 1.27 bits per heavy atom. The van der Waals surface area contributed by atoms with E-state index in [0.29, 0.717) is 48.3 Å². The molecule has 154 valence electrons. The van der Waals surface area contributed by atoms with Crippen LogP contribution in [0, 0.1) is 3.95 Å². The molecule has 0 aliphatic carbocycles. The average molecular weight is 478 g/mol. The predicted molar refractivity (Wildman–Crippen MR) is 125 cm³/mol. The van der Waals surface area contributed by atoms with Gasteiger partial charge in [-0.25, -0.2) is 4.98 Å². The number of nitrogens with one attached hydrogen (secondary N) is 1. The molecule has 4 rings (SSSR count). The maximum Gasteiger partial charge on any atom is 0.271 e. The third-order valence-corrected chi connectivity index (χ3v) is 6.57.